The van der Waals surface area contributed by atoms with Crippen molar-refractivity contribution in [2.45, 2.75) is 39.2 Å². The van der Waals surface area contributed by atoms with Gasteiger partial charge in [-0.1, -0.05) is 5.57 Å². The first-order valence-corrected chi connectivity index (χ1v) is 6.68. The molecular formula is C16H22O3. The lowest BCUT2D eigenvalue weighted by Gasteiger charge is -2.24. The maximum atomic E-state index is 6.05. The zero-order chi connectivity index (χ0) is 13.8. The van der Waals surface area contributed by atoms with Crippen LogP contribution in [0, 0.1) is 0 Å². The van der Waals surface area contributed by atoms with Crippen LogP contribution < -0.4 is 0 Å². The van der Waals surface area contributed by atoms with E-state index in [0.717, 1.165) is 36.5 Å². The molecule has 1 atom stereocenters. The maximum absolute atomic E-state index is 6.05. The van der Waals surface area contributed by atoms with Gasteiger partial charge in [0.25, 0.3) is 0 Å². The summed E-state index contributed by atoms with van der Waals surface area (Å²) in [5, 5.41) is 0. The van der Waals surface area contributed by atoms with E-state index in [1.807, 2.05) is 12.2 Å². The highest BCUT2D eigenvalue weighted by atomic mass is 16.5. The van der Waals surface area contributed by atoms with Gasteiger partial charge in [0.1, 0.15) is 6.10 Å². The highest BCUT2D eigenvalue weighted by Gasteiger charge is 2.19. The summed E-state index contributed by atoms with van der Waals surface area (Å²) in [7, 11) is 3.30. The molecule has 0 spiro atoms. The zero-order valence-electron chi connectivity index (χ0n) is 12.2. The van der Waals surface area contributed by atoms with Gasteiger partial charge in [-0.25, -0.2) is 0 Å². The van der Waals surface area contributed by atoms with Gasteiger partial charge in [-0.3, -0.25) is 0 Å². The summed E-state index contributed by atoms with van der Waals surface area (Å²) in [6.45, 7) is 4.32. The van der Waals surface area contributed by atoms with Gasteiger partial charge in [0.05, 0.1) is 20.0 Å². The molecule has 2 aliphatic carbocycles. The Morgan fingerprint density at radius 2 is 1.79 bits per heavy atom. The van der Waals surface area contributed by atoms with Gasteiger partial charge in [0.15, 0.2) is 11.5 Å². The van der Waals surface area contributed by atoms with Crippen LogP contribution >= 0.6 is 0 Å². The third-order valence-electron chi connectivity index (χ3n) is 3.66. The standard InChI is InChI=1S/C16H22O3/c1-11-5-6-13(9-12(11)2)19-14-7-8-15(17-3)16(10-14)18-4/h8-10,14H,5-7H2,1-4H3. The van der Waals surface area contributed by atoms with E-state index in [0.29, 0.717) is 0 Å². The van der Waals surface area contributed by atoms with E-state index >= 15 is 0 Å². The van der Waals surface area contributed by atoms with Crippen molar-refractivity contribution in [1.29, 1.82) is 0 Å². The Morgan fingerprint density at radius 1 is 1.05 bits per heavy atom. The molecule has 1 unspecified atom stereocenters. The van der Waals surface area contributed by atoms with Crippen molar-refractivity contribution < 1.29 is 14.2 Å². The quantitative estimate of drug-likeness (QED) is 0.770. The molecule has 2 aliphatic rings. The normalized spacial score (nSPS) is 23.4. The minimum Gasteiger partial charge on any atom is -0.493 e. The van der Waals surface area contributed by atoms with Crippen molar-refractivity contribution in [1.82, 2.24) is 0 Å². The first-order valence-electron chi connectivity index (χ1n) is 6.68. The molecule has 19 heavy (non-hydrogen) atoms. The minimum atomic E-state index is 0.0336. The van der Waals surface area contributed by atoms with Crippen molar-refractivity contribution >= 4 is 0 Å². The van der Waals surface area contributed by atoms with Crippen molar-refractivity contribution in [3.63, 3.8) is 0 Å². The summed E-state index contributed by atoms with van der Waals surface area (Å²) in [5.74, 6) is 2.60. The number of allylic oxidation sites excluding steroid dienone is 4. The predicted molar refractivity (Wildman–Crippen MR) is 75.4 cm³/mol. The summed E-state index contributed by atoms with van der Waals surface area (Å²) in [6, 6.07) is 0. The van der Waals surface area contributed by atoms with Gasteiger partial charge >= 0.3 is 0 Å². The Kier molecular flexibility index (Phi) is 4.35. The fourth-order valence-electron chi connectivity index (χ4n) is 2.31. The van der Waals surface area contributed by atoms with E-state index in [4.69, 9.17) is 14.2 Å². The molecule has 0 radical (unpaired) electrons. The second kappa shape index (κ2) is 6.00. The van der Waals surface area contributed by atoms with Gasteiger partial charge < -0.3 is 14.2 Å². The molecule has 0 fully saturated rings. The van der Waals surface area contributed by atoms with Crippen LogP contribution in [0.5, 0.6) is 0 Å². The Labute approximate surface area is 115 Å². The first kappa shape index (κ1) is 13.8. The Bertz CT molecular complexity index is 466. The van der Waals surface area contributed by atoms with Gasteiger partial charge in [-0.15, -0.1) is 0 Å². The maximum Gasteiger partial charge on any atom is 0.160 e. The van der Waals surface area contributed by atoms with E-state index < -0.39 is 0 Å². The molecule has 0 bridgehead atoms. The molecule has 3 nitrogen and oxygen atoms in total. The van der Waals surface area contributed by atoms with Crippen LogP contribution in [0.15, 0.2) is 46.7 Å². The molecule has 3 heteroatoms. The van der Waals surface area contributed by atoms with Crippen LogP contribution in [0.4, 0.5) is 0 Å². The zero-order valence-corrected chi connectivity index (χ0v) is 12.2. The second-order valence-electron chi connectivity index (χ2n) is 4.97. The largest absolute Gasteiger partial charge is 0.493 e. The smallest absolute Gasteiger partial charge is 0.160 e. The molecule has 0 heterocycles. The van der Waals surface area contributed by atoms with E-state index in [1.54, 1.807) is 14.2 Å². The molecule has 104 valence electrons. The van der Waals surface area contributed by atoms with Gasteiger partial charge in [0.2, 0.25) is 0 Å². The van der Waals surface area contributed by atoms with Gasteiger partial charge in [-0.05, 0) is 38.0 Å². The lowest BCUT2D eigenvalue weighted by Crippen LogP contribution is -2.16. The summed E-state index contributed by atoms with van der Waals surface area (Å²) in [6.07, 6.45) is 9.07. The molecule has 0 aromatic heterocycles. The van der Waals surface area contributed by atoms with Crippen LogP contribution in [-0.2, 0) is 14.2 Å². The molecule has 0 amide bonds. The van der Waals surface area contributed by atoms with Crippen LogP contribution in [-0.4, -0.2) is 20.3 Å². The summed E-state index contributed by atoms with van der Waals surface area (Å²) in [4.78, 5) is 0. The number of ether oxygens (including phenoxy) is 3. The third kappa shape index (κ3) is 3.22. The van der Waals surface area contributed by atoms with E-state index in [1.165, 1.54) is 11.1 Å². The lowest BCUT2D eigenvalue weighted by atomic mass is 9.99. The number of methoxy groups -OCH3 is 2. The highest BCUT2D eigenvalue weighted by Crippen LogP contribution is 2.28. The fourth-order valence-corrected chi connectivity index (χ4v) is 2.31. The first-order chi connectivity index (χ1) is 9.13. The second-order valence-corrected chi connectivity index (χ2v) is 4.97. The van der Waals surface area contributed by atoms with Crippen LogP contribution in [0.1, 0.15) is 33.1 Å². The monoisotopic (exact) mass is 262 g/mol. The Morgan fingerprint density at radius 3 is 2.42 bits per heavy atom. The summed E-state index contributed by atoms with van der Waals surface area (Å²) >= 11 is 0. The molecule has 0 aliphatic heterocycles. The molecule has 0 saturated heterocycles. The van der Waals surface area contributed by atoms with E-state index in [-0.39, 0.29) is 6.10 Å². The third-order valence-corrected chi connectivity index (χ3v) is 3.66. The highest BCUT2D eigenvalue weighted by molar-refractivity contribution is 5.30. The minimum absolute atomic E-state index is 0.0336. The SMILES string of the molecule is COC1=CCC(OC2=CC(C)=C(C)CC2)C=C1OC. The van der Waals surface area contributed by atoms with Crippen molar-refractivity contribution in [2.24, 2.45) is 0 Å². The van der Waals surface area contributed by atoms with Crippen LogP contribution in [0.2, 0.25) is 0 Å². The Hall–Kier alpha value is -1.64. The predicted octanol–water partition coefficient (Wildman–Crippen LogP) is 3.85. The number of hydrogen-bond donors (Lipinski definition) is 0. The molecule has 0 N–H and O–H groups in total. The topological polar surface area (TPSA) is 27.7 Å². The molecule has 0 saturated carbocycles. The number of hydrogen-bond acceptors (Lipinski definition) is 3. The van der Waals surface area contributed by atoms with Crippen molar-refractivity contribution in [2.75, 3.05) is 14.2 Å². The van der Waals surface area contributed by atoms with Gasteiger partial charge in [0, 0.05) is 18.9 Å². The molecule has 0 aromatic rings. The average Bonchev–Trinajstić information content (AvgIpc) is 2.43. The fraction of sp³-hybridized carbons (Fsp3) is 0.500. The van der Waals surface area contributed by atoms with E-state index in [9.17, 15) is 0 Å². The summed E-state index contributed by atoms with van der Waals surface area (Å²) < 4.78 is 16.6. The van der Waals surface area contributed by atoms with E-state index in [2.05, 4.69) is 19.9 Å². The lowest BCUT2D eigenvalue weighted by molar-refractivity contribution is 0.131. The van der Waals surface area contributed by atoms with Crippen molar-refractivity contribution in [3.05, 3.63) is 46.7 Å². The molecular weight excluding hydrogens is 240 g/mol. The summed E-state index contributed by atoms with van der Waals surface area (Å²) in [5.41, 5.74) is 2.77. The van der Waals surface area contributed by atoms with Crippen LogP contribution in [0.25, 0.3) is 0 Å². The number of rotatable bonds is 4. The van der Waals surface area contributed by atoms with Crippen LogP contribution in [0.3, 0.4) is 0 Å². The Balaban J connectivity index is 2.04. The molecule has 0 aromatic carbocycles. The van der Waals surface area contributed by atoms with Gasteiger partial charge in [-0.2, -0.15) is 0 Å². The average molecular weight is 262 g/mol. The van der Waals surface area contributed by atoms with Crippen molar-refractivity contribution in [3.8, 4) is 0 Å². The molecule has 2 rings (SSSR count).